The Morgan fingerprint density at radius 1 is 0.270 bits per heavy atom. The van der Waals surface area contributed by atoms with Crippen molar-refractivity contribution >= 4 is 0 Å². The normalized spacial score (nSPS) is 11.9. The van der Waals surface area contributed by atoms with E-state index < -0.39 is 0 Å². The van der Waals surface area contributed by atoms with Crippen LogP contribution < -0.4 is 31.0 Å². The quantitative estimate of drug-likeness (QED) is 0.0335. The molecule has 366 valence electrons. The van der Waals surface area contributed by atoms with Gasteiger partial charge in [-0.1, -0.05) is 211 Å². The van der Waals surface area contributed by atoms with Crippen LogP contribution in [0.4, 0.5) is 0 Å². The Morgan fingerprint density at radius 3 is 0.683 bits per heavy atom. The van der Waals surface area contributed by atoms with Gasteiger partial charge >= 0.3 is 18.0 Å². The molecule has 0 spiro atoms. The molecule has 0 aliphatic heterocycles. The van der Waals surface area contributed by atoms with Crippen LogP contribution >= 0.6 is 0 Å². The van der Waals surface area contributed by atoms with Crippen molar-refractivity contribution in [3.05, 3.63) is 36.5 Å². The first-order valence-corrected chi connectivity index (χ1v) is 27.2. The predicted molar refractivity (Wildman–Crippen MR) is 270 cm³/mol. The van der Waals surface area contributed by atoms with Crippen LogP contribution in [0.25, 0.3) is 0 Å². The maximum Gasteiger partial charge on any atom is 0.345 e. The smallest absolute Gasteiger partial charge is 0.345 e. The van der Waals surface area contributed by atoms with Gasteiger partial charge < -0.3 is 14.5 Å². The lowest BCUT2D eigenvalue weighted by atomic mass is 10.1. The SMILES string of the molecule is CCCCCCCC/C=C\CCCCCCCNOc1nc(ONCCCCCCC/C=C\CCCCCCCC)nc(ONCCCCCCC/C=C\CCCCCCCC)n1. The van der Waals surface area contributed by atoms with Crippen molar-refractivity contribution in [3.63, 3.8) is 0 Å². The molecule has 0 aliphatic carbocycles. The highest BCUT2D eigenvalue weighted by Gasteiger charge is 2.11. The van der Waals surface area contributed by atoms with Gasteiger partial charge in [-0.3, -0.25) is 0 Å². The fraction of sp³-hybridized carbons (Fsp3) is 0.833. The Hall–Kier alpha value is -2.49. The summed E-state index contributed by atoms with van der Waals surface area (Å²) in [7, 11) is 0. The molecule has 63 heavy (non-hydrogen) atoms. The van der Waals surface area contributed by atoms with Crippen molar-refractivity contribution in [1.29, 1.82) is 0 Å². The minimum atomic E-state index is 0.133. The van der Waals surface area contributed by atoms with Gasteiger partial charge in [-0.2, -0.15) is 16.4 Å². The van der Waals surface area contributed by atoms with Crippen molar-refractivity contribution in [3.8, 4) is 18.0 Å². The fourth-order valence-corrected chi connectivity index (χ4v) is 7.61. The summed E-state index contributed by atoms with van der Waals surface area (Å²) in [6.07, 6.45) is 64.2. The molecule has 9 nitrogen and oxygen atoms in total. The van der Waals surface area contributed by atoms with E-state index in [-0.39, 0.29) is 18.0 Å². The van der Waals surface area contributed by atoms with Gasteiger partial charge in [0.05, 0.1) is 0 Å². The highest BCUT2D eigenvalue weighted by Crippen LogP contribution is 2.15. The molecule has 0 amide bonds. The molecule has 3 N–H and O–H groups in total. The lowest BCUT2D eigenvalue weighted by molar-refractivity contribution is 0.132. The largest absolute Gasteiger partial charge is 0.368 e. The second-order valence-corrected chi connectivity index (χ2v) is 17.9. The molecule has 0 aromatic carbocycles. The van der Waals surface area contributed by atoms with E-state index in [1.807, 2.05) is 0 Å². The molecular formula is C54H102N6O3. The number of hydrogen-bond acceptors (Lipinski definition) is 9. The summed E-state index contributed by atoms with van der Waals surface area (Å²) in [6, 6.07) is 0.398. The van der Waals surface area contributed by atoms with E-state index in [9.17, 15) is 0 Å². The third-order valence-corrected chi connectivity index (χ3v) is 11.7. The molecule has 0 aliphatic rings. The monoisotopic (exact) mass is 883 g/mol. The summed E-state index contributed by atoms with van der Waals surface area (Å²) in [5.41, 5.74) is 9.09. The minimum absolute atomic E-state index is 0.133. The second-order valence-electron chi connectivity index (χ2n) is 17.9. The van der Waals surface area contributed by atoms with E-state index in [1.165, 1.54) is 212 Å². The standard InChI is InChI=1S/C54H102N6O3/c1-4-7-10-13-16-19-22-25-28-31-34-37-40-43-46-49-55-61-52-58-53(62-56-50-47-44-41-38-35-32-29-26-23-20-17-14-11-8-5-2)60-54(59-52)63-57-51-48-45-42-39-36-33-30-27-24-21-18-15-12-9-6-3/h25-30,55-57H,4-24,31-51H2,1-3H3/b28-25-,29-26-,30-27-. The van der Waals surface area contributed by atoms with Gasteiger partial charge in [-0.15, -0.1) is 15.0 Å². The Balaban J connectivity index is 2.30. The predicted octanol–water partition coefficient (Wildman–Crippen LogP) is 16.5. The molecule has 0 bridgehead atoms. The maximum absolute atomic E-state index is 5.73. The summed E-state index contributed by atoms with van der Waals surface area (Å²) >= 11 is 0. The Labute approximate surface area is 389 Å². The maximum atomic E-state index is 5.73. The number of hydrogen-bond donors (Lipinski definition) is 3. The molecule has 1 heterocycles. The van der Waals surface area contributed by atoms with E-state index in [0.29, 0.717) is 0 Å². The van der Waals surface area contributed by atoms with Crippen LogP contribution in [0.1, 0.15) is 271 Å². The van der Waals surface area contributed by atoms with E-state index in [0.717, 1.165) is 58.2 Å². The Morgan fingerprint density at radius 2 is 0.460 bits per heavy atom. The number of rotatable bonds is 51. The highest BCUT2D eigenvalue weighted by molar-refractivity contribution is 5.08. The first-order valence-electron chi connectivity index (χ1n) is 27.2. The molecule has 0 saturated carbocycles. The number of unbranched alkanes of at least 4 members (excludes halogenated alkanes) is 33. The molecule has 0 unspecified atom stereocenters. The molecule has 0 saturated heterocycles. The summed E-state index contributed by atoms with van der Waals surface area (Å²) in [5.74, 6) is 0. The fourth-order valence-electron chi connectivity index (χ4n) is 7.61. The number of allylic oxidation sites excluding steroid dienone is 6. The number of aromatic nitrogens is 3. The van der Waals surface area contributed by atoms with Gasteiger partial charge in [0.25, 0.3) is 0 Å². The van der Waals surface area contributed by atoms with Crippen LogP contribution in [0.5, 0.6) is 18.0 Å². The van der Waals surface area contributed by atoms with Crippen molar-refractivity contribution in [2.45, 2.75) is 271 Å². The third kappa shape index (κ3) is 44.5. The zero-order chi connectivity index (χ0) is 45.0. The van der Waals surface area contributed by atoms with Crippen LogP contribution in [0, 0.1) is 0 Å². The number of nitrogens with zero attached hydrogens (tertiary/aromatic N) is 3. The third-order valence-electron chi connectivity index (χ3n) is 11.7. The van der Waals surface area contributed by atoms with Gasteiger partial charge in [0.1, 0.15) is 0 Å². The molecule has 9 heteroatoms. The van der Waals surface area contributed by atoms with Gasteiger partial charge in [0, 0.05) is 19.6 Å². The van der Waals surface area contributed by atoms with Gasteiger partial charge in [0.15, 0.2) is 0 Å². The van der Waals surface area contributed by atoms with Crippen molar-refractivity contribution in [1.82, 2.24) is 31.4 Å². The first kappa shape index (κ1) is 58.5. The summed E-state index contributed by atoms with van der Waals surface area (Å²) in [5, 5.41) is 0. The molecule has 1 aromatic rings. The van der Waals surface area contributed by atoms with Crippen LogP contribution in [-0.4, -0.2) is 34.6 Å². The van der Waals surface area contributed by atoms with E-state index in [1.54, 1.807) is 0 Å². The topological polar surface area (TPSA) is 102 Å². The van der Waals surface area contributed by atoms with Crippen molar-refractivity contribution < 1.29 is 14.5 Å². The molecule has 0 atom stereocenters. The molecular weight excluding hydrogens is 781 g/mol. The zero-order valence-corrected chi connectivity index (χ0v) is 41.7. The lowest BCUT2D eigenvalue weighted by Gasteiger charge is -2.10. The minimum Gasteiger partial charge on any atom is -0.368 e. The van der Waals surface area contributed by atoms with Gasteiger partial charge in [-0.25, -0.2) is 0 Å². The zero-order valence-electron chi connectivity index (χ0n) is 41.7. The molecule has 0 fully saturated rings. The highest BCUT2D eigenvalue weighted by atomic mass is 16.7. The molecule has 0 radical (unpaired) electrons. The number of hydroxylamine groups is 3. The molecule has 1 rings (SSSR count). The van der Waals surface area contributed by atoms with Crippen molar-refractivity contribution in [2.24, 2.45) is 0 Å². The molecule has 1 aromatic heterocycles. The summed E-state index contributed by atoms with van der Waals surface area (Å²) in [4.78, 5) is 30.3. The van der Waals surface area contributed by atoms with Crippen LogP contribution in [0.3, 0.4) is 0 Å². The lowest BCUT2D eigenvalue weighted by Crippen LogP contribution is -2.25. The second kappa shape index (κ2) is 50.5. The van der Waals surface area contributed by atoms with Gasteiger partial charge in [-0.05, 0) is 96.3 Å². The van der Waals surface area contributed by atoms with Gasteiger partial charge in [0.2, 0.25) is 0 Å². The van der Waals surface area contributed by atoms with Crippen LogP contribution in [0.15, 0.2) is 36.5 Å². The Kier molecular flexibility index (Phi) is 46.9. The first-order chi connectivity index (χ1) is 31.3. The number of nitrogens with one attached hydrogen (secondary N) is 3. The van der Waals surface area contributed by atoms with Crippen LogP contribution in [-0.2, 0) is 0 Å². The Bertz CT molecular complexity index is 998. The van der Waals surface area contributed by atoms with Crippen molar-refractivity contribution in [2.75, 3.05) is 19.6 Å². The van der Waals surface area contributed by atoms with E-state index >= 15 is 0 Å². The van der Waals surface area contributed by atoms with Crippen LogP contribution in [0.2, 0.25) is 0 Å². The summed E-state index contributed by atoms with van der Waals surface area (Å²) in [6.45, 7) is 9.00. The average Bonchev–Trinajstić information content (AvgIpc) is 3.29. The van der Waals surface area contributed by atoms with E-state index in [4.69, 9.17) is 14.5 Å². The summed E-state index contributed by atoms with van der Waals surface area (Å²) < 4.78 is 0. The average molecular weight is 883 g/mol. The van der Waals surface area contributed by atoms with E-state index in [2.05, 4.69) is 88.6 Å².